The van der Waals surface area contributed by atoms with Crippen molar-refractivity contribution in [3.05, 3.63) is 58.8 Å². The number of allylic oxidation sites excluding steroid dienone is 1. The first-order valence-corrected chi connectivity index (χ1v) is 13.0. The average molecular weight is 533 g/mol. The molecular formula is C30H32N2O7. The highest BCUT2D eigenvalue weighted by Gasteiger charge is 2.27. The molecule has 0 radical (unpaired) electrons. The lowest BCUT2D eigenvalue weighted by Crippen LogP contribution is -2.42. The fourth-order valence-electron chi connectivity index (χ4n) is 5.20. The molecule has 1 amide bonds. The van der Waals surface area contributed by atoms with Crippen molar-refractivity contribution in [1.29, 1.82) is 0 Å². The van der Waals surface area contributed by atoms with Crippen molar-refractivity contribution in [3.63, 3.8) is 0 Å². The molecule has 9 nitrogen and oxygen atoms in total. The number of carbonyl (C=O) groups is 2. The first-order chi connectivity index (χ1) is 19.0. The number of fused-ring (bicyclic) bond motifs is 2. The third-order valence-electron chi connectivity index (χ3n) is 7.09. The Bertz CT molecular complexity index is 1400. The lowest BCUT2D eigenvalue weighted by Gasteiger charge is -2.27. The lowest BCUT2D eigenvalue weighted by molar-refractivity contribution is -0.138. The number of aromatic nitrogens is 1. The van der Waals surface area contributed by atoms with Crippen molar-refractivity contribution in [2.75, 3.05) is 54.2 Å². The Morgan fingerprint density at radius 1 is 1.00 bits per heavy atom. The molecule has 2 aromatic carbocycles. The second kappa shape index (κ2) is 11.7. The summed E-state index contributed by atoms with van der Waals surface area (Å²) >= 11 is 0. The maximum atomic E-state index is 13.5. The van der Waals surface area contributed by atoms with Crippen LogP contribution >= 0.6 is 0 Å². The van der Waals surface area contributed by atoms with Gasteiger partial charge in [0, 0.05) is 18.5 Å². The van der Waals surface area contributed by atoms with Crippen molar-refractivity contribution in [1.82, 2.24) is 9.88 Å². The van der Waals surface area contributed by atoms with Crippen molar-refractivity contribution in [3.8, 4) is 17.2 Å². The number of hydrogen-bond donors (Lipinski definition) is 0. The minimum atomic E-state index is -0.513. The predicted octanol–water partition coefficient (Wildman–Crippen LogP) is 4.15. The number of nitrogens with zero attached hydrogens (tertiary/aromatic N) is 2. The summed E-state index contributed by atoms with van der Waals surface area (Å²) in [6, 6.07) is 11.3. The van der Waals surface area contributed by atoms with Crippen LogP contribution in [0.2, 0.25) is 0 Å². The van der Waals surface area contributed by atoms with Crippen LogP contribution in [0.15, 0.2) is 36.4 Å². The summed E-state index contributed by atoms with van der Waals surface area (Å²) < 4.78 is 27.4. The van der Waals surface area contributed by atoms with Gasteiger partial charge in [-0.1, -0.05) is 18.2 Å². The smallest absolute Gasteiger partial charge is 0.339 e. The Labute approximate surface area is 227 Å². The molecule has 204 valence electrons. The van der Waals surface area contributed by atoms with Crippen LogP contribution in [0.25, 0.3) is 22.6 Å². The maximum absolute atomic E-state index is 13.5. The average Bonchev–Trinajstić information content (AvgIpc) is 2.98. The van der Waals surface area contributed by atoms with Gasteiger partial charge in [-0.25, -0.2) is 9.78 Å². The van der Waals surface area contributed by atoms with E-state index in [1.165, 1.54) is 0 Å². The molecule has 3 aromatic rings. The first-order valence-electron chi connectivity index (χ1n) is 13.0. The number of pyridine rings is 1. The molecule has 1 saturated heterocycles. The zero-order chi connectivity index (χ0) is 27.4. The van der Waals surface area contributed by atoms with Gasteiger partial charge >= 0.3 is 5.97 Å². The van der Waals surface area contributed by atoms with Crippen LogP contribution in [-0.4, -0.2) is 76.0 Å². The highest BCUT2D eigenvalue weighted by Crippen LogP contribution is 2.41. The van der Waals surface area contributed by atoms with E-state index in [0.29, 0.717) is 66.4 Å². The number of amides is 1. The van der Waals surface area contributed by atoms with Gasteiger partial charge in [0.05, 0.1) is 51.3 Å². The Morgan fingerprint density at radius 3 is 2.41 bits per heavy atom. The van der Waals surface area contributed by atoms with Gasteiger partial charge in [-0.15, -0.1) is 0 Å². The SMILES string of the molecule is COc1cc(/C=C2\CCCc3c2nc2ccccc2c3C(=O)OCC(=O)N2CCOCC2)cc(OC)c1OC. The van der Waals surface area contributed by atoms with Crippen LogP contribution in [0.3, 0.4) is 0 Å². The second-order valence-electron chi connectivity index (χ2n) is 9.38. The number of esters is 1. The fourth-order valence-corrected chi connectivity index (χ4v) is 5.20. The summed E-state index contributed by atoms with van der Waals surface area (Å²) in [7, 11) is 4.74. The molecule has 1 aromatic heterocycles. The molecule has 5 rings (SSSR count). The van der Waals surface area contributed by atoms with Gasteiger partial charge in [0.2, 0.25) is 5.75 Å². The number of methoxy groups -OCH3 is 3. The Kier molecular flexibility index (Phi) is 7.97. The highest BCUT2D eigenvalue weighted by atomic mass is 16.5. The molecule has 2 heterocycles. The molecular weight excluding hydrogens is 500 g/mol. The van der Waals surface area contributed by atoms with Gasteiger partial charge < -0.3 is 28.6 Å². The molecule has 0 N–H and O–H groups in total. The molecule has 1 aliphatic heterocycles. The molecule has 0 unspecified atom stereocenters. The molecule has 39 heavy (non-hydrogen) atoms. The summed E-state index contributed by atoms with van der Waals surface area (Å²) in [5, 5.41) is 0.717. The van der Waals surface area contributed by atoms with Gasteiger partial charge in [-0.2, -0.15) is 0 Å². The van der Waals surface area contributed by atoms with E-state index in [1.807, 2.05) is 42.5 Å². The molecule has 1 fully saturated rings. The first kappa shape index (κ1) is 26.5. The van der Waals surface area contributed by atoms with Gasteiger partial charge in [0.1, 0.15) is 0 Å². The molecule has 1 aliphatic carbocycles. The van der Waals surface area contributed by atoms with E-state index >= 15 is 0 Å². The lowest BCUT2D eigenvalue weighted by atomic mass is 9.86. The number of ether oxygens (including phenoxy) is 5. The fraction of sp³-hybridized carbons (Fsp3) is 0.367. The largest absolute Gasteiger partial charge is 0.493 e. The monoisotopic (exact) mass is 532 g/mol. The zero-order valence-corrected chi connectivity index (χ0v) is 22.5. The molecule has 0 atom stereocenters. The zero-order valence-electron chi connectivity index (χ0n) is 22.5. The van der Waals surface area contributed by atoms with Crippen molar-refractivity contribution in [2.45, 2.75) is 19.3 Å². The van der Waals surface area contributed by atoms with Crippen LogP contribution in [0, 0.1) is 0 Å². The maximum Gasteiger partial charge on any atom is 0.339 e. The number of carbonyl (C=O) groups excluding carboxylic acids is 2. The molecule has 0 saturated carbocycles. The predicted molar refractivity (Wildman–Crippen MR) is 146 cm³/mol. The summed E-state index contributed by atoms with van der Waals surface area (Å²) in [5.41, 5.74) is 4.63. The summed E-state index contributed by atoms with van der Waals surface area (Å²) in [5.74, 6) is 0.898. The molecule has 0 spiro atoms. The van der Waals surface area contributed by atoms with E-state index < -0.39 is 5.97 Å². The summed E-state index contributed by atoms with van der Waals surface area (Å²) in [6.07, 6.45) is 4.36. The van der Waals surface area contributed by atoms with E-state index in [4.69, 9.17) is 28.7 Å². The summed E-state index contributed by atoms with van der Waals surface area (Å²) in [6.45, 7) is 1.67. The van der Waals surface area contributed by atoms with Gasteiger partial charge in [0.15, 0.2) is 18.1 Å². The quantitative estimate of drug-likeness (QED) is 0.419. The second-order valence-corrected chi connectivity index (χ2v) is 9.38. The number of morpholine rings is 1. The van der Waals surface area contributed by atoms with E-state index in [2.05, 4.69) is 0 Å². The van der Waals surface area contributed by atoms with Crippen LogP contribution < -0.4 is 14.2 Å². The van der Waals surface area contributed by atoms with Crippen molar-refractivity contribution >= 4 is 34.4 Å². The number of hydrogen-bond acceptors (Lipinski definition) is 8. The minimum absolute atomic E-state index is 0.220. The van der Waals surface area contributed by atoms with Gasteiger partial charge in [-0.05, 0) is 60.2 Å². The van der Waals surface area contributed by atoms with E-state index in [0.717, 1.165) is 35.2 Å². The van der Waals surface area contributed by atoms with Crippen LogP contribution in [0.1, 0.15) is 40.0 Å². The number of rotatable bonds is 7. The molecule has 0 bridgehead atoms. The van der Waals surface area contributed by atoms with Crippen LogP contribution in [-0.2, 0) is 20.7 Å². The van der Waals surface area contributed by atoms with Gasteiger partial charge in [0.25, 0.3) is 5.91 Å². The highest BCUT2D eigenvalue weighted by molar-refractivity contribution is 6.07. The number of benzene rings is 2. The normalized spacial score (nSPS) is 16.1. The van der Waals surface area contributed by atoms with Crippen LogP contribution in [0.5, 0.6) is 17.2 Å². The summed E-state index contributed by atoms with van der Waals surface area (Å²) in [4.78, 5) is 32.8. The van der Waals surface area contributed by atoms with E-state index in [9.17, 15) is 9.59 Å². The van der Waals surface area contributed by atoms with Gasteiger partial charge in [-0.3, -0.25) is 4.79 Å². The standard InChI is InChI=1S/C30H32N2O7/c1-35-24-16-19(17-25(36-2)29(24)37-3)15-20-7-6-9-22-27(21-8-4-5-10-23(21)31-28(20)22)30(34)39-18-26(33)32-11-13-38-14-12-32/h4-5,8,10,15-17H,6-7,9,11-14,18H2,1-3H3/b20-15+. The van der Waals surface area contributed by atoms with Crippen molar-refractivity contribution < 1.29 is 33.3 Å². The molecule has 9 heteroatoms. The van der Waals surface area contributed by atoms with E-state index in [-0.39, 0.29) is 12.5 Å². The van der Waals surface area contributed by atoms with Crippen molar-refractivity contribution in [2.24, 2.45) is 0 Å². The number of para-hydroxylation sites is 1. The van der Waals surface area contributed by atoms with Crippen LogP contribution in [0.4, 0.5) is 0 Å². The molecule has 2 aliphatic rings. The Morgan fingerprint density at radius 2 is 1.72 bits per heavy atom. The van der Waals surface area contributed by atoms with E-state index in [1.54, 1.807) is 26.2 Å². The Balaban J connectivity index is 1.53. The topological polar surface area (TPSA) is 96.4 Å². The third-order valence-corrected chi connectivity index (χ3v) is 7.09. The Hall–Kier alpha value is -4.11. The minimum Gasteiger partial charge on any atom is -0.493 e. The third kappa shape index (κ3) is 5.40.